The number of aromatic nitrogens is 16. The average Bonchev–Trinajstić information content (AvgIpc) is 1.53. The number of carbonyl (C=O) groups excluding carboxylic acids is 4. The van der Waals surface area contributed by atoms with Gasteiger partial charge in [-0.1, -0.05) is 114 Å². The largest absolute Gasteiger partial charge is 0.302 e. The summed E-state index contributed by atoms with van der Waals surface area (Å²) in [6.45, 7) is 16.2. The zero-order valence-corrected chi connectivity index (χ0v) is 57.7. The SMILES string of the molecule is CC(=O)N(Cc1cccnc1)c1nc(C(C)(C)C)cn2ccnc12.CC(=O)N(Cc1cccnc1)c1nc(CC2CCCCC2)cn2ccnc12.CC(=O)N(Cc1cccnc1)c1nc(Cc2ccccc2)cn2ccnc12.CCc1cn2ccnc2c(N(Cc2cccnc2)C(C)=O)n1. The summed E-state index contributed by atoms with van der Waals surface area (Å²) in [6.07, 6.45) is 45.2. The monoisotopic (exact) mass is 1340 g/mol. The Morgan fingerprint density at radius 3 is 1.11 bits per heavy atom. The summed E-state index contributed by atoms with van der Waals surface area (Å²) in [4.78, 5) is 109. The average molecular weight is 1340 g/mol. The molecule has 0 unspecified atom stereocenters. The zero-order chi connectivity index (χ0) is 70.1. The molecule has 14 rings (SSSR count). The van der Waals surface area contributed by atoms with Crippen molar-refractivity contribution in [3.8, 4) is 0 Å². The van der Waals surface area contributed by atoms with Gasteiger partial charge in [-0.25, -0.2) is 39.9 Å². The molecule has 0 spiro atoms. The van der Waals surface area contributed by atoms with Crippen molar-refractivity contribution in [2.24, 2.45) is 5.92 Å². The van der Waals surface area contributed by atoms with Gasteiger partial charge in [0.2, 0.25) is 23.6 Å². The van der Waals surface area contributed by atoms with Crippen LogP contribution in [0.3, 0.4) is 0 Å². The van der Waals surface area contributed by atoms with Crippen molar-refractivity contribution < 1.29 is 19.2 Å². The molecule has 1 aromatic carbocycles. The van der Waals surface area contributed by atoms with Crippen LogP contribution >= 0.6 is 0 Å². The number of hydrogen-bond acceptors (Lipinski definition) is 16. The Morgan fingerprint density at radius 1 is 0.410 bits per heavy atom. The summed E-state index contributed by atoms with van der Waals surface area (Å²) >= 11 is 0. The standard InChI is InChI=1S/C21H25N5O.C21H19N5O.C18H21N5O.C16H17N5O/c2*1-16(27)26(14-18-8-5-9-22-13-18)21-20-23-10-11-25(20)15-19(24-21)12-17-6-3-2-4-7-17;1-13(24)23(11-14-6-5-7-19-10-14)17-16-20-8-9-22(16)12-15(21-17)18(2,3)4;1-3-14-11-20-8-7-18-15(20)16(19-14)21(12(2)22)10-13-5-4-6-17-9-13/h5,8-11,13,15,17H,2-4,6-7,12,14H2,1H3;2-11,13,15H,12,14H2,1H3;5-10,12H,11H2,1-4H3;4-9,11H,3,10H2,1-2H3. The molecule has 0 radical (unpaired) electrons. The van der Waals surface area contributed by atoms with Crippen molar-refractivity contribution >= 4 is 69.5 Å². The smallest absolute Gasteiger partial charge is 0.225 e. The molecular formula is C76H82N20O4. The molecule has 0 N–H and O–H groups in total. The van der Waals surface area contributed by atoms with Crippen LogP contribution in [0.25, 0.3) is 22.6 Å². The molecule has 4 amide bonds. The van der Waals surface area contributed by atoms with Crippen molar-refractivity contribution in [3.63, 3.8) is 0 Å². The maximum Gasteiger partial charge on any atom is 0.225 e. The zero-order valence-electron chi connectivity index (χ0n) is 57.7. The fourth-order valence-electron chi connectivity index (χ4n) is 11.8. The minimum atomic E-state index is -0.135. The number of pyridine rings is 4. The van der Waals surface area contributed by atoms with Crippen LogP contribution in [0.4, 0.5) is 23.3 Å². The van der Waals surface area contributed by atoms with Crippen LogP contribution in [0.1, 0.15) is 138 Å². The van der Waals surface area contributed by atoms with Gasteiger partial charge in [0, 0.05) is 163 Å². The van der Waals surface area contributed by atoms with Crippen molar-refractivity contribution in [3.05, 3.63) is 253 Å². The Morgan fingerprint density at radius 2 is 0.750 bits per heavy atom. The first-order valence-electron chi connectivity index (χ1n) is 33.5. The predicted octanol–water partition coefficient (Wildman–Crippen LogP) is 12.3. The Kier molecular flexibility index (Phi) is 22.6. The van der Waals surface area contributed by atoms with Gasteiger partial charge in [0.15, 0.2) is 45.9 Å². The topological polar surface area (TPSA) is 254 Å². The highest BCUT2D eigenvalue weighted by molar-refractivity contribution is 5.96. The van der Waals surface area contributed by atoms with Crippen LogP contribution in [-0.2, 0) is 70.0 Å². The second-order valence-corrected chi connectivity index (χ2v) is 25.6. The number of benzene rings is 1. The summed E-state index contributed by atoms with van der Waals surface area (Å²) in [5, 5.41) is 0. The van der Waals surface area contributed by atoms with Crippen molar-refractivity contribution in [1.29, 1.82) is 0 Å². The van der Waals surface area contributed by atoms with Gasteiger partial charge >= 0.3 is 0 Å². The van der Waals surface area contributed by atoms with E-state index in [1.165, 1.54) is 39.0 Å². The van der Waals surface area contributed by atoms with E-state index in [-0.39, 0.29) is 29.0 Å². The van der Waals surface area contributed by atoms with Gasteiger partial charge in [-0.15, -0.1) is 0 Å². The molecule has 24 nitrogen and oxygen atoms in total. The van der Waals surface area contributed by atoms with E-state index in [1.807, 2.05) is 135 Å². The molecule has 24 heteroatoms. The van der Waals surface area contributed by atoms with Gasteiger partial charge in [-0.2, -0.15) is 0 Å². The first-order chi connectivity index (χ1) is 48.5. The number of carbonyl (C=O) groups is 4. The summed E-state index contributed by atoms with van der Waals surface area (Å²) in [5.74, 6) is 2.74. The third-order valence-electron chi connectivity index (χ3n) is 17.0. The van der Waals surface area contributed by atoms with Crippen LogP contribution in [0.2, 0.25) is 0 Å². The van der Waals surface area contributed by atoms with E-state index in [2.05, 4.69) is 84.0 Å². The molecule has 12 heterocycles. The van der Waals surface area contributed by atoms with Gasteiger partial charge < -0.3 is 17.6 Å². The van der Waals surface area contributed by atoms with E-state index in [0.29, 0.717) is 84.4 Å². The fraction of sp³-hybridized carbons (Fsp3) is 0.289. The number of fused-ring (bicyclic) bond motifs is 4. The van der Waals surface area contributed by atoms with Crippen LogP contribution < -0.4 is 19.6 Å². The molecule has 1 saturated carbocycles. The number of imidazole rings is 4. The third kappa shape index (κ3) is 17.7. The lowest BCUT2D eigenvalue weighted by Crippen LogP contribution is -2.30. The number of amides is 4. The minimum Gasteiger partial charge on any atom is -0.302 e. The fourth-order valence-corrected chi connectivity index (χ4v) is 11.8. The van der Waals surface area contributed by atoms with Gasteiger partial charge in [-0.05, 0) is 70.8 Å². The Hall–Kier alpha value is -11.8. The molecule has 1 fully saturated rings. The van der Waals surface area contributed by atoms with E-state index in [1.54, 1.807) is 115 Å². The number of anilines is 4. The molecule has 13 aromatic rings. The van der Waals surface area contributed by atoms with E-state index in [4.69, 9.17) is 15.0 Å². The van der Waals surface area contributed by atoms with Crippen molar-refractivity contribution in [2.75, 3.05) is 19.6 Å². The normalized spacial score (nSPS) is 12.2. The van der Waals surface area contributed by atoms with Gasteiger partial charge in [0.05, 0.1) is 49.0 Å². The highest BCUT2D eigenvalue weighted by atomic mass is 16.2. The Balaban J connectivity index is 0.000000135. The molecule has 0 bridgehead atoms. The predicted molar refractivity (Wildman–Crippen MR) is 384 cm³/mol. The van der Waals surface area contributed by atoms with Gasteiger partial charge in [-0.3, -0.25) is 58.7 Å². The maximum atomic E-state index is 12.4. The van der Waals surface area contributed by atoms with E-state index >= 15 is 0 Å². The Labute approximate surface area is 580 Å². The van der Waals surface area contributed by atoms with Gasteiger partial charge in [0.1, 0.15) is 0 Å². The number of nitrogens with zero attached hydrogens (tertiary/aromatic N) is 20. The molecule has 0 saturated heterocycles. The summed E-state index contributed by atoms with van der Waals surface area (Å²) in [7, 11) is 0. The van der Waals surface area contributed by atoms with E-state index < -0.39 is 0 Å². The molecule has 12 aromatic heterocycles. The van der Waals surface area contributed by atoms with Crippen LogP contribution in [0.5, 0.6) is 0 Å². The lowest BCUT2D eigenvalue weighted by Gasteiger charge is -2.24. The first-order valence-corrected chi connectivity index (χ1v) is 33.5. The molecular weight excluding hydrogens is 1260 g/mol. The molecule has 100 heavy (non-hydrogen) atoms. The molecule has 1 aliphatic rings. The van der Waals surface area contributed by atoms with Crippen LogP contribution in [-0.4, -0.2) is 101 Å². The Bertz CT molecular complexity index is 4860. The molecule has 510 valence electrons. The minimum absolute atomic E-state index is 0.0499. The van der Waals surface area contributed by atoms with Crippen molar-refractivity contribution in [2.45, 2.75) is 138 Å². The second kappa shape index (κ2) is 32.5. The molecule has 0 aliphatic heterocycles. The second-order valence-electron chi connectivity index (χ2n) is 25.6. The lowest BCUT2D eigenvalue weighted by atomic mass is 9.86. The van der Waals surface area contributed by atoms with Crippen molar-refractivity contribution in [1.82, 2.24) is 77.4 Å². The van der Waals surface area contributed by atoms with E-state index in [9.17, 15) is 19.2 Å². The summed E-state index contributed by atoms with van der Waals surface area (Å²) in [6, 6.07) is 25.4. The number of hydrogen-bond donors (Lipinski definition) is 0. The van der Waals surface area contributed by atoms with Gasteiger partial charge in [0.25, 0.3) is 0 Å². The number of aryl methyl sites for hydroxylation is 1. The summed E-state index contributed by atoms with van der Waals surface area (Å²) < 4.78 is 7.72. The van der Waals surface area contributed by atoms with E-state index in [0.717, 1.165) is 63.4 Å². The lowest BCUT2D eigenvalue weighted by molar-refractivity contribution is -0.117. The molecule has 1 aliphatic carbocycles. The quantitative estimate of drug-likeness (QED) is 0.0821. The highest BCUT2D eigenvalue weighted by Gasteiger charge is 2.26. The maximum absolute atomic E-state index is 12.4. The highest BCUT2D eigenvalue weighted by Crippen LogP contribution is 2.31. The van der Waals surface area contributed by atoms with Crippen LogP contribution in [0.15, 0.2) is 203 Å². The number of rotatable bonds is 17. The molecule has 0 atom stereocenters. The third-order valence-corrected chi connectivity index (χ3v) is 17.0. The first kappa shape index (κ1) is 69.5. The summed E-state index contributed by atoms with van der Waals surface area (Å²) in [5.41, 5.74) is 11.3. The van der Waals surface area contributed by atoms with Crippen LogP contribution in [0, 0.1) is 5.92 Å².